The highest BCUT2D eigenvalue weighted by Crippen LogP contribution is 2.43. The van der Waals surface area contributed by atoms with Gasteiger partial charge in [0.25, 0.3) is 0 Å². The van der Waals surface area contributed by atoms with Crippen LogP contribution in [0.1, 0.15) is 38.3 Å². The van der Waals surface area contributed by atoms with Crippen molar-refractivity contribution in [3.63, 3.8) is 0 Å². The first-order chi connectivity index (χ1) is 12.9. The molecule has 1 atom stereocenters. The molecular formula is C23H26N2O2. The summed E-state index contributed by atoms with van der Waals surface area (Å²) < 4.78 is 5.53. The molecule has 0 spiro atoms. The predicted molar refractivity (Wildman–Crippen MR) is 105 cm³/mol. The fraction of sp³-hybridized carbons (Fsp3) is 0.391. The molecule has 0 bridgehead atoms. The second-order valence-electron chi connectivity index (χ2n) is 8.06. The van der Waals surface area contributed by atoms with Gasteiger partial charge in [-0.25, -0.2) is 4.79 Å². The highest BCUT2D eigenvalue weighted by atomic mass is 16.6. The third-order valence-corrected chi connectivity index (χ3v) is 5.09. The molecule has 4 heteroatoms. The van der Waals surface area contributed by atoms with Crippen molar-refractivity contribution in [1.82, 2.24) is 4.90 Å². The van der Waals surface area contributed by atoms with Crippen LogP contribution in [0.15, 0.2) is 60.7 Å². The summed E-state index contributed by atoms with van der Waals surface area (Å²) in [6, 6.07) is 22.4. The first kappa shape index (κ1) is 19.0. The minimum absolute atomic E-state index is 0.000168. The maximum atomic E-state index is 12.5. The number of carbonyl (C=O) groups is 1. The second-order valence-corrected chi connectivity index (χ2v) is 8.06. The average molecular weight is 362 g/mol. The lowest BCUT2D eigenvalue weighted by Crippen LogP contribution is -2.39. The van der Waals surface area contributed by atoms with E-state index in [2.05, 4.69) is 6.07 Å². The molecule has 0 aromatic heterocycles. The molecule has 2 aromatic rings. The normalized spacial score (nSPS) is 17.4. The van der Waals surface area contributed by atoms with Crippen molar-refractivity contribution in [2.75, 3.05) is 13.1 Å². The largest absolute Gasteiger partial charge is 0.444 e. The van der Waals surface area contributed by atoms with Crippen LogP contribution in [0.2, 0.25) is 0 Å². The summed E-state index contributed by atoms with van der Waals surface area (Å²) in [7, 11) is 0. The molecule has 1 saturated heterocycles. The zero-order valence-corrected chi connectivity index (χ0v) is 16.2. The molecule has 0 unspecified atom stereocenters. The molecule has 1 amide bonds. The van der Waals surface area contributed by atoms with Crippen LogP contribution in [0.25, 0.3) is 0 Å². The zero-order chi connectivity index (χ0) is 19.5. The second kappa shape index (κ2) is 7.44. The minimum Gasteiger partial charge on any atom is -0.444 e. The van der Waals surface area contributed by atoms with Gasteiger partial charge in [-0.15, -0.1) is 0 Å². The van der Waals surface area contributed by atoms with E-state index in [4.69, 9.17) is 4.74 Å². The summed E-state index contributed by atoms with van der Waals surface area (Å²) in [5.74, 6) is -0.000168. The monoisotopic (exact) mass is 362 g/mol. The van der Waals surface area contributed by atoms with Crippen LogP contribution in [0.5, 0.6) is 0 Å². The molecule has 0 saturated carbocycles. The van der Waals surface area contributed by atoms with Gasteiger partial charge in [0.2, 0.25) is 0 Å². The van der Waals surface area contributed by atoms with Crippen molar-refractivity contribution >= 4 is 6.09 Å². The quantitative estimate of drug-likeness (QED) is 0.791. The van der Waals surface area contributed by atoms with E-state index in [0.717, 1.165) is 17.5 Å². The minimum atomic E-state index is -0.792. The molecule has 140 valence electrons. The number of nitrogens with zero attached hydrogens (tertiary/aromatic N) is 2. The van der Waals surface area contributed by atoms with Crippen molar-refractivity contribution in [1.29, 1.82) is 5.26 Å². The van der Waals surface area contributed by atoms with Gasteiger partial charge in [0.1, 0.15) is 11.0 Å². The lowest BCUT2D eigenvalue weighted by atomic mass is 9.66. The van der Waals surface area contributed by atoms with E-state index in [1.165, 1.54) is 0 Å². The predicted octanol–water partition coefficient (Wildman–Crippen LogP) is 4.75. The summed E-state index contributed by atoms with van der Waals surface area (Å²) in [5, 5.41) is 10.4. The molecule has 1 aliphatic heterocycles. The van der Waals surface area contributed by atoms with E-state index in [1.54, 1.807) is 4.90 Å². The first-order valence-electron chi connectivity index (χ1n) is 9.37. The maximum Gasteiger partial charge on any atom is 0.410 e. The Morgan fingerprint density at radius 1 is 1.04 bits per heavy atom. The Balaban J connectivity index is 1.96. The summed E-state index contributed by atoms with van der Waals surface area (Å²) in [4.78, 5) is 14.2. The van der Waals surface area contributed by atoms with E-state index in [0.29, 0.717) is 13.1 Å². The van der Waals surface area contributed by atoms with Gasteiger partial charge in [0.05, 0.1) is 6.07 Å². The average Bonchev–Trinajstić information content (AvgIpc) is 3.14. The third-order valence-electron chi connectivity index (χ3n) is 5.09. The van der Waals surface area contributed by atoms with E-state index in [9.17, 15) is 10.1 Å². The molecule has 0 aliphatic carbocycles. The Hall–Kier alpha value is -2.80. The Kier molecular flexibility index (Phi) is 5.23. The SMILES string of the molecule is CC(C)(C)OC(=O)N1CC[C@@H](C(C#N)(c2ccccc2)c2ccccc2)C1. The van der Waals surface area contributed by atoms with Crippen LogP contribution >= 0.6 is 0 Å². The van der Waals surface area contributed by atoms with E-state index in [-0.39, 0.29) is 12.0 Å². The molecule has 1 fully saturated rings. The lowest BCUT2D eigenvalue weighted by Gasteiger charge is -2.34. The highest BCUT2D eigenvalue weighted by Gasteiger charge is 2.46. The number of nitriles is 1. The van der Waals surface area contributed by atoms with E-state index < -0.39 is 11.0 Å². The Bertz CT molecular complexity index is 779. The lowest BCUT2D eigenvalue weighted by molar-refractivity contribution is 0.0285. The zero-order valence-electron chi connectivity index (χ0n) is 16.2. The number of carbonyl (C=O) groups excluding carboxylic acids is 1. The van der Waals surface area contributed by atoms with Crippen molar-refractivity contribution in [2.45, 2.75) is 38.2 Å². The molecule has 1 heterocycles. The van der Waals surface area contributed by atoms with Gasteiger partial charge in [-0.3, -0.25) is 0 Å². The number of hydrogen-bond donors (Lipinski definition) is 0. The highest BCUT2D eigenvalue weighted by molar-refractivity contribution is 5.68. The molecular weight excluding hydrogens is 336 g/mol. The summed E-state index contributed by atoms with van der Waals surface area (Å²) in [6.07, 6.45) is 0.453. The molecule has 3 rings (SSSR count). The molecule has 1 aliphatic rings. The Morgan fingerprint density at radius 3 is 2.00 bits per heavy atom. The first-order valence-corrected chi connectivity index (χ1v) is 9.37. The smallest absolute Gasteiger partial charge is 0.410 e. The standard InChI is InChI=1S/C23H26N2O2/c1-22(2,3)27-21(26)25-15-14-20(16-25)23(17-24,18-10-6-4-7-11-18)19-12-8-5-9-13-19/h4-13,20H,14-16H2,1-3H3/t20-/m1/s1. The maximum absolute atomic E-state index is 12.5. The fourth-order valence-corrected chi connectivity index (χ4v) is 3.87. The van der Waals surface area contributed by atoms with E-state index >= 15 is 0 Å². The van der Waals surface area contributed by atoms with Crippen molar-refractivity contribution in [3.8, 4) is 6.07 Å². The number of amides is 1. The van der Waals surface area contributed by atoms with Crippen molar-refractivity contribution in [3.05, 3.63) is 71.8 Å². The molecule has 0 N–H and O–H groups in total. The fourth-order valence-electron chi connectivity index (χ4n) is 3.87. The van der Waals surface area contributed by atoms with Gasteiger partial charge < -0.3 is 9.64 Å². The molecule has 2 aromatic carbocycles. The third kappa shape index (κ3) is 3.83. The molecule has 27 heavy (non-hydrogen) atoms. The van der Waals surface area contributed by atoms with Gasteiger partial charge in [0, 0.05) is 19.0 Å². The van der Waals surface area contributed by atoms with Crippen LogP contribution in [0.3, 0.4) is 0 Å². The van der Waals surface area contributed by atoms with Crippen LogP contribution in [-0.2, 0) is 10.2 Å². The van der Waals surface area contributed by atoms with Crippen molar-refractivity contribution < 1.29 is 9.53 Å². The van der Waals surface area contributed by atoms with Gasteiger partial charge >= 0.3 is 6.09 Å². The van der Waals surface area contributed by atoms with Gasteiger partial charge in [-0.2, -0.15) is 5.26 Å². The van der Waals surface area contributed by atoms with Gasteiger partial charge in [-0.05, 0) is 38.3 Å². The summed E-state index contributed by atoms with van der Waals surface area (Å²) in [5.41, 5.74) is 0.615. The van der Waals surface area contributed by atoms with Crippen LogP contribution < -0.4 is 0 Å². The number of ether oxygens (including phenoxy) is 1. The van der Waals surface area contributed by atoms with Crippen molar-refractivity contribution in [2.24, 2.45) is 5.92 Å². The van der Waals surface area contributed by atoms with E-state index in [1.807, 2.05) is 81.4 Å². The number of rotatable bonds is 3. The van der Waals surface area contributed by atoms with Crippen LogP contribution in [0, 0.1) is 17.2 Å². The molecule has 0 radical (unpaired) electrons. The number of likely N-dealkylation sites (tertiary alicyclic amines) is 1. The Morgan fingerprint density at radius 2 is 1.56 bits per heavy atom. The van der Waals surface area contributed by atoms with Crippen LogP contribution in [-0.4, -0.2) is 29.7 Å². The summed E-state index contributed by atoms with van der Waals surface area (Å²) in [6.45, 7) is 6.71. The number of hydrogen-bond acceptors (Lipinski definition) is 3. The van der Waals surface area contributed by atoms with Gasteiger partial charge in [-0.1, -0.05) is 60.7 Å². The molecule has 4 nitrogen and oxygen atoms in total. The topological polar surface area (TPSA) is 53.3 Å². The van der Waals surface area contributed by atoms with Gasteiger partial charge in [0.15, 0.2) is 0 Å². The Labute approximate surface area is 161 Å². The van der Waals surface area contributed by atoms with Crippen LogP contribution in [0.4, 0.5) is 4.79 Å². The summed E-state index contributed by atoms with van der Waals surface area (Å²) >= 11 is 0. The number of benzene rings is 2.